The van der Waals surface area contributed by atoms with Gasteiger partial charge >= 0.3 is 0 Å². The van der Waals surface area contributed by atoms with Crippen molar-refractivity contribution in [3.05, 3.63) is 41.3 Å². The van der Waals surface area contributed by atoms with Crippen LogP contribution in [-0.2, 0) is 6.54 Å². The highest BCUT2D eigenvalue weighted by atomic mass is 32.1. The Balaban J connectivity index is 1.63. The van der Waals surface area contributed by atoms with Gasteiger partial charge in [-0.25, -0.2) is 14.4 Å². The number of thiophene rings is 1. The van der Waals surface area contributed by atoms with E-state index in [9.17, 15) is 4.79 Å². The fraction of sp³-hybridized carbons (Fsp3) is 0.350. The molecule has 0 aromatic carbocycles. The van der Waals surface area contributed by atoms with E-state index in [2.05, 4.69) is 20.6 Å². The molecule has 28 heavy (non-hydrogen) atoms. The lowest BCUT2D eigenvalue weighted by Gasteiger charge is -2.30. The maximum atomic E-state index is 15.2. The van der Waals surface area contributed by atoms with Crippen molar-refractivity contribution in [3.8, 4) is 10.6 Å². The minimum Gasteiger partial charge on any atom is -0.363 e. The van der Waals surface area contributed by atoms with Gasteiger partial charge in [0, 0.05) is 35.8 Å². The van der Waals surface area contributed by atoms with Crippen LogP contribution in [0.15, 0.2) is 24.4 Å². The monoisotopic (exact) mass is 397 g/mol. The number of halogens is 1. The molecule has 1 aliphatic carbocycles. The largest absolute Gasteiger partial charge is 0.363 e. The normalized spacial score (nSPS) is 21.6. The van der Waals surface area contributed by atoms with Crippen molar-refractivity contribution < 1.29 is 9.18 Å². The average Bonchev–Trinajstić information content (AvgIpc) is 3.30. The van der Waals surface area contributed by atoms with Gasteiger partial charge in [-0.1, -0.05) is 18.9 Å². The van der Waals surface area contributed by atoms with E-state index >= 15 is 4.39 Å². The molecule has 3 aromatic heterocycles. The summed E-state index contributed by atoms with van der Waals surface area (Å²) >= 11 is 1.45. The number of hydrogen-bond donors (Lipinski definition) is 3. The van der Waals surface area contributed by atoms with Crippen LogP contribution in [0.4, 0.5) is 10.2 Å². The zero-order valence-corrected chi connectivity index (χ0v) is 16.0. The Kier molecular flexibility index (Phi) is 4.25. The molecule has 0 bridgehead atoms. The van der Waals surface area contributed by atoms with Crippen LogP contribution in [0.5, 0.6) is 0 Å². The third-order valence-electron chi connectivity index (χ3n) is 5.56. The van der Waals surface area contributed by atoms with Crippen LogP contribution in [-0.4, -0.2) is 28.0 Å². The fourth-order valence-electron chi connectivity index (χ4n) is 4.06. The predicted molar refractivity (Wildman–Crippen MR) is 108 cm³/mol. The molecule has 0 unspecified atom stereocenters. The lowest BCUT2D eigenvalue weighted by atomic mass is 9.91. The van der Waals surface area contributed by atoms with Crippen LogP contribution in [0.1, 0.15) is 41.6 Å². The van der Waals surface area contributed by atoms with Crippen molar-refractivity contribution in [2.45, 2.75) is 44.3 Å². The van der Waals surface area contributed by atoms with E-state index in [4.69, 9.17) is 5.73 Å². The first-order valence-corrected chi connectivity index (χ1v) is 10.3. The number of nitrogens with zero attached hydrogens (tertiary/aromatic N) is 2. The number of aromatic nitrogens is 2. The highest BCUT2D eigenvalue weighted by molar-refractivity contribution is 7.21. The number of carbonyl (C=O) groups is 1. The minimum absolute atomic E-state index is 0.0178. The summed E-state index contributed by atoms with van der Waals surface area (Å²) in [5, 5.41) is 6.93. The molecular weight excluding hydrogens is 377 g/mol. The first kappa shape index (κ1) is 17.5. The van der Waals surface area contributed by atoms with E-state index in [1.807, 2.05) is 18.2 Å². The molecule has 8 heteroatoms. The summed E-state index contributed by atoms with van der Waals surface area (Å²) in [5.74, 6) is -0.574. The van der Waals surface area contributed by atoms with Crippen LogP contribution >= 0.6 is 11.3 Å². The van der Waals surface area contributed by atoms with Crippen LogP contribution in [0, 0.1) is 5.82 Å². The standard InChI is InChI=1S/C20H20FN5OS/c21-16-11-9-24-19(27)15(11)17(14-8-10-4-3-7-23-20(10)28-14)26-18(16)25-13-6-2-1-5-12(13)22/h3-4,7-8,12-13H,1-2,5-6,9,22H2,(H,24,27)(H,25,26)/t12-,13+/m0/s1. The Hall–Kier alpha value is -2.58. The first-order valence-electron chi connectivity index (χ1n) is 9.49. The van der Waals surface area contributed by atoms with Gasteiger partial charge < -0.3 is 16.4 Å². The topological polar surface area (TPSA) is 92.9 Å². The number of rotatable bonds is 3. The third kappa shape index (κ3) is 2.84. The van der Waals surface area contributed by atoms with Gasteiger partial charge in [-0.15, -0.1) is 11.3 Å². The molecule has 3 aromatic rings. The summed E-state index contributed by atoms with van der Waals surface area (Å²) < 4.78 is 15.2. The smallest absolute Gasteiger partial charge is 0.254 e. The van der Waals surface area contributed by atoms with Gasteiger partial charge in [0.1, 0.15) is 4.83 Å². The highest BCUT2D eigenvalue weighted by Crippen LogP contribution is 2.38. The van der Waals surface area contributed by atoms with Gasteiger partial charge in [0.15, 0.2) is 11.6 Å². The van der Waals surface area contributed by atoms with Crippen molar-refractivity contribution in [2.75, 3.05) is 5.32 Å². The zero-order valence-electron chi connectivity index (χ0n) is 15.2. The molecule has 2 aliphatic rings. The fourth-order valence-corrected chi connectivity index (χ4v) is 5.06. The Labute approximate surface area is 165 Å². The SMILES string of the molecule is N[C@H]1CCCC[C@H]1Nc1nc(-c2cc3cccnc3s2)c2c(c1F)CNC2=O. The summed E-state index contributed by atoms with van der Waals surface area (Å²) in [6, 6.07) is 5.74. The van der Waals surface area contributed by atoms with Crippen molar-refractivity contribution in [1.29, 1.82) is 0 Å². The highest BCUT2D eigenvalue weighted by Gasteiger charge is 2.32. The van der Waals surface area contributed by atoms with E-state index in [0.717, 1.165) is 40.8 Å². The predicted octanol–water partition coefficient (Wildman–Crippen LogP) is 3.42. The number of carbonyl (C=O) groups excluding carboxylic acids is 1. The molecule has 0 radical (unpaired) electrons. The maximum absolute atomic E-state index is 15.2. The van der Waals surface area contributed by atoms with Crippen molar-refractivity contribution in [3.63, 3.8) is 0 Å². The molecule has 4 heterocycles. The second-order valence-electron chi connectivity index (χ2n) is 7.37. The molecular formula is C20H20FN5OS. The first-order chi connectivity index (χ1) is 13.6. The van der Waals surface area contributed by atoms with Gasteiger partial charge in [-0.3, -0.25) is 4.79 Å². The summed E-state index contributed by atoms with van der Waals surface area (Å²) in [5.41, 5.74) is 7.42. The number of amides is 1. The Morgan fingerprint density at radius 2 is 2.18 bits per heavy atom. The number of hydrogen-bond acceptors (Lipinski definition) is 6. The number of nitrogens with one attached hydrogen (secondary N) is 2. The molecule has 2 atom stereocenters. The van der Waals surface area contributed by atoms with E-state index in [1.54, 1.807) is 6.20 Å². The Morgan fingerprint density at radius 1 is 1.32 bits per heavy atom. The van der Waals surface area contributed by atoms with E-state index in [-0.39, 0.29) is 30.4 Å². The summed E-state index contributed by atoms with van der Waals surface area (Å²) in [6.45, 7) is 0.171. The van der Waals surface area contributed by atoms with Crippen LogP contribution in [0.25, 0.3) is 20.8 Å². The van der Waals surface area contributed by atoms with Crippen LogP contribution in [0.3, 0.4) is 0 Å². The van der Waals surface area contributed by atoms with E-state index in [0.29, 0.717) is 16.8 Å². The summed E-state index contributed by atoms with van der Waals surface area (Å²) in [4.78, 5) is 23.0. The molecule has 5 rings (SSSR count). The second kappa shape index (κ2) is 6.79. The number of nitrogens with two attached hydrogens (primary N) is 1. The lowest BCUT2D eigenvalue weighted by Crippen LogP contribution is -2.43. The molecule has 1 fully saturated rings. The zero-order chi connectivity index (χ0) is 19.3. The van der Waals surface area contributed by atoms with Gasteiger partial charge in [0.25, 0.3) is 5.91 Å². The van der Waals surface area contributed by atoms with Gasteiger partial charge in [0.2, 0.25) is 0 Å². The number of pyridine rings is 2. The molecule has 1 saturated carbocycles. The molecule has 144 valence electrons. The Bertz CT molecular complexity index is 1050. The summed E-state index contributed by atoms with van der Waals surface area (Å²) in [6.07, 6.45) is 5.69. The molecule has 0 saturated heterocycles. The average molecular weight is 397 g/mol. The van der Waals surface area contributed by atoms with Crippen molar-refractivity contribution in [1.82, 2.24) is 15.3 Å². The third-order valence-corrected chi connectivity index (χ3v) is 6.62. The Morgan fingerprint density at radius 3 is 3.00 bits per heavy atom. The summed E-state index contributed by atoms with van der Waals surface area (Å²) in [7, 11) is 0. The molecule has 6 nitrogen and oxygen atoms in total. The van der Waals surface area contributed by atoms with Crippen molar-refractivity contribution >= 4 is 33.3 Å². The van der Waals surface area contributed by atoms with E-state index < -0.39 is 5.82 Å². The molecule has 0 spiro atoms. The molecule has 1 amide bonds. The second-order valence-corrected chi connectivity index (χ2v) is 8.40. The van der Waals surface area contributed by atoms with Gasteiger partial charge in [-0.05, 0) is 25.0 Å². The van der Waals surface area contributed by atoms with Crippen LogP contribution < -0.4 is 16.4 Å². The minimum atomic E-state index is -0.464. The maximum Gasteiger partial charge on any atom is 0.254 e. The van der Waals surface area contributed by atoms with Crippen LogP contribution in [0.2, 0.25) is 0 Å². The quantitative estimate of drug-likeness (QED) is 0.630. The van der Waals surface area contributed by atoms with Gasteiger partial charge in [-0.2, -0.15) is 0 Å². The molecule has 4 N–H and O–H groups in total. The van der Waals surface area contributed by atoms with E-state index in [1.165, 1.54) is 11.3 Å². The number of anilines is 1. The molecule has 1 aliphatic heterocycles. The van der Waals surface area contributed by atoms with Crippen molar-refractivity contribution in [2.24, 2.45) is 5.73 Å². The lowest BCUT2D eigenvalue weighted by molar-refractivity contribution is 0.0966. The van der Waals surface area contributed by atoms with Gasteiger partial charge in [0.05, 0.1) is 16.1 Å². The number of fused-ring (bicyclic) bond motifs is 2.